The average Bonchev–Trinajstić information content (AvgIpc) is 2.14. The van der Waals surface area contributed by atoms with Crippen molar-refractivity contribution < 1.29 is 4.74 Å². The molecule has 84 valence electrons. The maximum Gasteiger partial charge on any atom is 0.217 e. The Morgan fingerprint density at radius 2 is 2.13 bits per heavy atom. The predicted octanol–water partition coefficient (Wildman–Crippen LogP) is 2.41. The molecule has 0 bridgehead atoms. The number of nitrogens with two attached hydrogens (primary N) is 1. The van der Waals surface area contributed by atoms with Crippen molar-refractivity contribution in [3.63, 3.8) is 0 Å². The van der Waals surface area contributed by atoms with Gasteiger partial charge in [0.25, 0.3) is 0 Å². The molecule has 0 aliphatic heterocycles. The molecule has 0 radical (unpaired) electrons. The molecule has 3 nitrogen and oxygen atoms in total. The molecule has 0 saturated carbocycles. The second-order valence-corrected chi connectivity index (χ2v) is 4.68. The van der Waals surface area contributed by atoms with Gasteiger partial charge in [0.15, 0.2) is 0 Å². The van der Waals surface area contributed by atoms with Gasteiger partial charge in [-0.25, -0.2) is 4.98 Å². The Bertz CT molecular complexity index is 334. The Hall–Kier alpha value is -0.800. The first-order valence-corrected chi connectivity index (χ1v) is 5.28. The van der Waals surface area contributed by atoms with E-state index in [-0.39, 0.29) is 5.54 Å². The fraction of sp³-hybridized carbons (Fsp3) is 0.545. The van der Waals surface area contributed by atoms with E-state index in [0.717, 1.165) is 18.4 Å². The monoisotopic (exact) mass is 228 g/mol. The molecule has 0 atom stereocenters. The highest BCUT2D eigenvalue weighted by atomic mass is 35.5. The Morgan fingerprint density at radius 1 is 1.47 bits per heavy atom. The number of aromatic nitrogens is 1. The van der Waals surface area contributed by atoms with Crippen molar-refractivity contribution in [1.82, 2.24) is 4.98 Å². The summed E-state index contributed by atoms with van der Waals surface area (Å²) in [5.74, 6) is 0.590. The van der Waals surface area contributed by atoms with Crippen LogP contribution in [0, 0.1) is 0 Å². The van der Waals surface area contributed by atoms with E-state index < -0.39 is 0 Å². The molecule has 1 rings (SSSR count). The SMILES string of the molecule is COc1nc(Cl)ccc1CCC(C)(C)N. The van der Waals surface area contributed by atoms with Crippen LogP contribution >= 0.6 is 11.6 Å². The average molecular weight is 229 g/mol. The van der Waals surface area contributed by atoms with E-state index in [1.54, 1.807) is 13.2 Å². The van der Waals surface area contributed by atoms with Gasteiger partial charge in [0.2, 0.25) is 5.88 Å². The van der Waals surface area contributed by atoms with E-state index in [4.69, 9.17) is 22.1 Å². The van der Waals surface area contributed by atoms with Gasteiger partial charge < -0.3 is 10.5 Å². The molecule has 0 spiro atoms. The summed E-state index contributed by atoms with van der Waals surface area (Å²) in [5, 5.41) is 0.447. The summed E-state index contributed by atoms with van der Waals surface area (Å²) in [6, 6.07) is 3.70. The summed E-state index contributed by atoms with van der Waals surface area (Å²) in [7, 11) is 1.59. The van der Waals surface area contributed by atoms with Crippen LogP contribution in [0.15, 0.2) is 12.1 Å². The second kappa shape index (κ2) is 4.81. The molecule has 0 amide bonds. The summed E-state index contributed by atoms with van der Waals surface area (Å²) in [5.41, 5.74) is 6.78. The summed E-state index contributed by atoms with van der Waals surface area (Å²) >= 11 is 5.77. The van der Waals surface area contributed by atoms with Gasteiger partial charge in [-0.05, 0) is 32.8 Å². The number of pyridine rings is 1. The Morgan fingerprint density at radius 3 is 2.67 bits per heavy atom. The van der Waals surface area contributed by atoms with Gasteiger partial charge in [-0.2, -0.15) is 0 Å². The number of ether oxygens (including phenoxy) is 1. The van der Waals surface area contributed by atoms with Crippen molar-refractivity contribution >= 4 is 11.6 Å². The van der Waals surface area contributed by atoms with Crippen molar-refractivity contribution in [2.75, 3.05) is 7.11 Å². The standard InChI is InChI=1S/C11H17ClN2O/c1-11(2,13)7-6-8-4-5-9(12)14-10(8)15-3/h4-5H,6-7,13H2,1-3H3. The molecule has 15 heavy (non-hydrogen) atoms. The molecule has 0 aliphatic rings. The number of rotatable bonds is 4. The Labute approximate surface area is 95.6 Å². The van der Waals surface area contributed by atoms with E-state index in [9.17, 15) is 0 Å². The maximum atomic E-state index is 5.92. The largest absolute Gasteiger partial charge is 0.481 e. The van der Waals surface area contributed by atoms with Gasteiger partial charge in [0.05, 0.1) is 7.11 Å². The molecule has 2 N–H and O–H groups in total. The van der Waals surface area contributed by atoms with Gasteiger partial charge >= 0.3 is 0 Å². The maximum absolute atomic E-state index is 5.92. The summed E-state index contributed by atoms with van der Waals surface area (Å²) in [4.78, 5) is 4.09. The van der Waals surface area contributed by atoms with Crippen LogP contribution in [0.2, 0.25) is 5.15 Å². The van der Waals surface area contributed by atoms with E-state index in [1.807, 2.05) is 19.9 Å². The molecular weight excluding hydrogens is 212 g/mol. The zero-order valence-corrected chi connectivity index (χ0v) is 10.1. The van der Waals surface area contributed by atoms with Gasteiger partial charge in [-0.3, -0.25) is 0 Å². The molecule has 1 aromatic heterocycles. The van der Waals surface area contributed by atoms with Crippen LogP contribution in [0.5, 0.6) is 5.88 Å². The Balaban J connectivity index is 2.76. The number of methoxy groups -OCH3 is 1. The smallest absolute Gasteiger partial charge is 0.217 e. The minimum atomic E-state index is -0.176. The summed E-state index contributed by atoms with van der Waals surface area (Å²) in [6.07, 6.45) is 1.73. The van der Waals surface area contributed by atoms with E-state index in [1.165, 1.54) is 0 Å². The predicted molar refractivity (Wildman–Crippen MR) is 62.4 cm³/mol. The quantitative estimate of drug-likeness (QED) is 0.806. The second-order valence-electron chi connectivity index (χ2n) is 4.29. The molecule has 4 heteroatoms. The van der Waals surface area contributed by atoms with Crippen LogP contribution in [0.3, 0.4) is 0 Å². The van der Waals surface area contributed by atoms with Gasteiger partial charge in [0, 0.05) is 11.1 Å². The van der Waals surface area contributed by atoms with Crippen molar-refractivity contribution in [2.45, 2.75) is 32.2 Å². The van der Waals surface area contributed by atoms with E-state index in [0.29, 0.717) is 11.0 Å². The number of hydrogen-bond donors (Lipinski definition) is 1. The Kier molecular flexibility index (Phi) is 3.94. The lowest BCUT2D eigenvalue weighted by atomic mass is 9.97. The van der Waals surface area contributed by atoms with Gasteiger partial charge in [-0.15, -0.1) is 0 Å². The molecule has 0 aromatic carbocycles. The molecule has 1 heterocycles. The lowest BCUT2D eigenvalue weighted by Crippen LogP contribution is -2.32. The lowest BCUT2D eigenvalue weighted by Gasteiger charge is -2.18. The van der Waals surface area contributed by atoms with Crippen LogP contribution in [0.1, 0.15) is 25.8 Å². The van der Waals surface area contributed by atoms with Gasteiger partial charge in [-0.1, -0.05) is 17.7 Å². The number of nitrogens with zero attached hydrogens (tertiary/aromatic N) is 1. The third-order valence-corrected chi connectivity index (χ3v) is 2.35. The molecule has 1 aromatic rings. The highest BCUT2D eigenvalue weighted by Crippen LogP contribution is 2.21. The normalized spacial score (nSPS) is 11.5. The van der Waals surface area contributed by atoms with Crippen molar-refractivity contribution in [3.05, 3.63) is 22.8 Å². The molecule has 0 saturated heterocycles. The first-order valence-electron chi connectivity index (χ1n) is 4.91. The minimum Gasteiger partial charge on any atom is -0.481 e. The lowest BCUT2D eigenvalue weighted by molar-refractivity contribution is 0.388. The third-order valence-electron chi connectivity index (χ3n) is 2.14. The fourth-order valence-corrected chi connectivity index (χ4v) is 1.41. The van der Waals surface area contributed by atoms with E-state index in [2.05, 4.69) is 4.98 Å². The third kappa shape index (κ3) is 4.06. The molecule has 0 unspecified atom stereocenters. The van der Waals surface area contributed by atoms with E-state index >= 15 is 0 Å². The zero-order chi connectivity index (χ0) is 11.5. The number of aryl methyl sites for hydroxylation is 1. The first kappa shape index (κ1) is 12.3. The van der Waals surface area contributed by atoms with Crippen molar-refractivity contribution in [1.29, 1.82) is 0 Å². The number of halogens is 1. The zero-order valence-electron chi connectivity index (χ0n) is 9.38. The van der Waals surface area contributed by atoms with Crippen molar-refractivity contribution in [3.8, 4) is 5.88 Å². The van der Waals surface area contributed by atoms with Crippen LogP contribution in [-0.4, -0.2) is 17.6 Å². The minimum absolute atomic E-state index is 0.176. The fourth-order valence-electron chi connectivity index (χ4n) is 1.27. The van der Waals surface area contributed by atoms with Crippen LogP contribution in [0.25, 0.3) is 0 Å². The summed E-state index contributed by atoms with van der Waals surface area (Å²) in [6.45, 7) is 4.01. The topological polar surface area (TPSA) is 48.1 Å². The first-order chi connectivity index (χ1) is 6.92. The van der Waals surface area contributed by atoms with Gasteiger partial charge in [0.1, 0.15) is 5.15 Å². The number of hydrogen-bond acceptors (Lipinski definition) is 3. The van der Waals surface area contributed by atoms with Crippen LogP contribution in [-0.2, 0) is 6.42 Å². The van der Waals surface area contributed by atoms with Crippen molar-refractivity contribution in [2.24, 2.45) is 5.73 Å². The highest BCUT2D eigenvalue weighted by Gasteiger charge is 2.13. The molecule has 0 fully saturated rings. The summed E-state index contributed by atoms with van der Waals surface area (Å²) < 4.78 is 5.16. The van der Waals surface area contributed by atoms with Crippen LogP contribution < -0.4 is 10.5 Å². The molecular formula is C11H17ClN2O. The highest BCUT2D eigenvalue weighted by molar-refractivity contribution is 6.29. The molecule has 0 aliphatic carbocycles. The van der Waals surface area contributed by atoms with Crippen LogP contribution in [0.4, 0.5) is 0 Å².